The van der Waals surface area contributed by atoms with Gasteiger partial charge in [0, 0.05) is 5.02 Å². The molecular formula is C13H19Cl. The number of hydrogen-bond donors (Lipinski definition) is 0. The predicted molar refractivity (Wildman–Crippen MR) is 64.1 cm³/mol. The minimum atomic E-state index is 0.945. The van der Waals surface area contributed by atoms with Gasteiger partial charge in [-0.2, -0.15) is 0 Å². The van der Waals surface area contributed by atoms with Gasteiger partial charge in [-0.05, 0) is 36.5 Å². The predicted octanol–water partition coefficient (Wildman–Crippen LogP) is 4.64. The zero-order valence-electron chi connectivity index (χ0n) is 9.15. The molecule has 0 bridgehead atoms. The zero-order chi connectivity index (χ0) is 10.4. The second-order valence-corrected chi connectivity index (χ2v) is 4.10. The van der Waals surface area contributed by atoms with Crippen molar-refractivity contribution in [3.8, 4) is 0 Å². The highest BCUT2D eigenvalue weighted by atomic mass is 35.5. The van der Waals surface area contributed by atoms with Crippen molar-refractivity contribution in [3.63, 3.8) is 0 Å². The normalized spacial score (nSPS) is 10.5. The van der Waals surface area contributed by atoms with Crippen molar-refractivity contribution in [2.75, 3.05) is 0 Å². The first-order valence-electron chi connectivity index (χ1n) is 5.55. The Morgan fingerprint density at radius 2 is 1.93 bits per heavy atom. The van der Waals surface area contributed by atoms with Gasteiger partial charge in [-0.25, -0.2) is 0 Å². The van der Waals surface area contributed by atoms with E-state index in [0.717, 1.165) is 17.9 Å². The maximum atomic E-state index is 6.19. The fourth-order valence-electron chi connectivity index (χ4n) is 1.77. The standard InChI is InChI=1S/C13H19Cl/c1-3-5-6-9-12-11(4-2)8-7-10-13(12)14/h7-8,10H,3-6,9H2,1-2H3. The summed E-state index contributed by atoms with van der Waals surface area (Å²) < 4.78 is 0. The second-order valence-electron chi connectivity index (χ2n) is 3.69. The molecule has 1 aromatic carbocycles. The first-order valence-corrected chi connectivity index (χ1v) is 5.93. The summed E-state index contributed by atoms with van der Waals surface area (Å²) in [6.07, 6.45) is 6.05. The lowest BCUT2D eigenvalue weighted by molar-refractivity contribution is 0.714. The SMILES string of the molecule is CCCCCc1c(Cl)cccc1CC. The van der Waals surface area contributed by atoms with Crippen molar-refractivity contribution in [1.82, 2.24) is 0 Å². The summed E-state index contributed by atoms with van der Waals surface area (Å²) in [5.41, 5.74) is 2.78. The number of hydrogen-bond acceptors (Lipinski definition) is 0. The number of benzene rings is 1. The summed E-state index contributed by atoms with van der Waals surface area (Å²) >= 11 is 6.19. The van der Waals surface area contributed by atoms with Crippen LogP contribution in [0.15, 0.2) is 18.2 Å². The Hall–Kier alpha value is -0.490. The Bertz CT molecular complexity index is 279. The van der Waals surface area contributed by atoms with E-state index in [-0.39, 0.29) is 0 Å². The van der Waals surface area contributed by atoms with E-state index in [9.17, 15) is 0 Å². The first-order chi connectivity index (χ1) is 6.79. The molecule has 0 amide bonds. The topological polar surface area (TPSA) is 0 Å². The van der Waals surface area contributed by atoms with Gasteiger partial charge < -0.3 is 0 Å². The van der Waals surface area contributed by atoms with Crippen LogP contribution < -0.4 is 0 Å². The van der Waals surface area contributed by atoms with E-state index in [1.165, 1.54) is 30.4 Å². The maximum absolute atomic E-state index is 6.19. The van der Waals surface area contributed by atoms with E-state index in [0.29, 0.717) is 0 Å². The molecule has 0 aliphatic carbocycles. The van der Waals surface area contributed by atoms with Crippen molar-refractivity contribution in [3.05, 3.63) is 34.3 Å². The van der Waals surface area contributed by atoms with Crippen LogP contribution in [0, 0.1) is 0 Å². The van der Waals surface area contributed by atoms with Crippen molar-refractivity contribution in [1.29, 1.82) is 0 Å². The van der Waals surface area contributed by atoms with Gasteiger partial charge in [0.2, 0.25) is 0 Å². The Balaban J connectivity index is 2.72. The number of aryl methyl sites for hydroxylation is 1. The van der Waals surface area contributed by atoms with Crippen LogP contribution in [0.1, 0.15) is 44.2 Å². The lowest BCUT2D eigenvalue weighted by Gasteiger charge is -2.09. The number of halogens is 1. The molecule has 0 fully saturated rings. The summed E-state index contributed by atoms with van der Waals surface area (Å²) in [6.45, 7) is 4.42. The van der Waals surface area contributed by atoms with Crippen molar-refractivity contribution < 1.29 is 0 Å². The molecule has 0 nitrogen and oxygen atoms in total. The van der Waals surface area contributed by atoms with Gasteiger partial charge in [0.1, 0.15) is 0 Å². The number of rotatable bonds is 5. The van der Waals surface area contributed by atoms with E-state index < -0.39 is 0 Å². The quantitative estimate of drug-likeness (QED) is 0.622. The van der Waals surface area contributed by atoms with E-state index in [4.69, 9.17) is 11.6 Å². The third kappa shape index (κ3) is 3.02. The van der Waals surface area contributed by atoms with E-state index in [1.807, 2.05) is 12.1 Å². The van der Waals surface area contributed by atoms with Crippen LogP contribution >= 0.6 is 11.6 Å². The van der Waals surface area contributed by atoms with Crippen LogP contribution in [0.4, 0.5) is 0 Å². The van der Waals surface area contributed by atoms with Gasteiger partial charge in [-0.3, -0.25) is 0 Å². The van der Waals surface area contributed by atoms with Crippen LogP contribution in [0.5, 0.6) is 0 Å². The highest BCUT2D eigenvalue weighted by Crippen LogP contribution is 2.22. The lowest BCUT2D eigenvalue weighted by atomic mass is 10.00. The molecule has 0 aliphatic rings. The highest BCUT2D eigenvalue weighted by Gasteiger charge is 2.04. The van der Waals surface area contributed by atoms with Crippen molar-refractivity contribution in [2.24, 2.45) is 0 Å². The lowest BCUT2D eigenvalue weighted by Crippen LogP contribution is -1.94. The molecule has 1 rings (SSSR count). The van der Waals surface area contributed by atoms with Gasteiger partial charge in [-0.15, -0.1) is 0 Å². The van der Waals surface area contributed by atoms with Gasteiger partial charge in [0.25, 0.3) is 0 Å². The zero-order valence-corrected chi connectivity index (χ0v) is 9.90. The molecule has 14 heavy (non-hydrogen) atoms. The molecule has 0 aromatic heterocycles. The first kappa shape index (κ1) is 11.6. The van der Waals surface area contributed by atoms with Crippen LogP contribution in [-0.4, -0.2) is 0 Å². The Labute approximate surface area is 92.3 Å². The molecule has 0 saturated carbocycles. The fourth-order valence-corrected chi connectivity index (χ4v) is 2.05. The summed E-state index contributed by atoms with van der Waals surface area (Å²) in [5.74, 6) is 0. The molecule has 78 valence electrons. The molecule has 0 heterocycles. The van der Waals surface area contributed by atoms with Gasteiger partial charge in [-0.1, -0.05) is 50.4 Å². The molecule has 0 atom stereocenters. The average Bonchev–Trinajstić information content (AvgIpc) is 2.20. The second kappa shape index (κ2) is 6.08. The number of unbranched alkanes of at least 4 members (excludes halogenated alkanes) is 2. The molecule has 0 spiro atoms. The third-order valence-electron chi connectivity index (χ3n) is 2.63. The van der Waals surface area contributed by atoms with Gasteiger partial charge in [0.05, 0.1) is 0 Å². The summed E-state index contributed by atoms with van der Waals surface area (Å²) in [7, 11) is 0. The van der Waals surface area contributed by atoms with Gasteiger partial charge >= 0.3 is 0 Å². The fraction of sp³-hybridized carbons (Fsp3) is 0.538. The molecule has 1 aromatic rings. The average molecular weight is 211 g/mol. The van der Waals surface area contributed by atoms with Crippen LogP contribution in [0.3, 0.4) is 0 Å². The summed E-state index contributed by atoms with van der Waals surface area (Å²) in [6, 6.07) is 6.24. The monoisotopic (exact) mass is 210 g/mol. The molecule has 1 heteroatoms. The Morgan fingerprint density at radius 1 is 1.14 bits per heavy atom. The summed E-state index contributed by atoms with van der Waals surface area (Å²) in [4.78, 5) is 0. The van der Waals surface area contributed by atoms with E-state index >= 15 is 0 Å². The Kier molecular flexibility index (Phi) is 5.03. The van der Waals surface area contributed by atoms with Crippen LogP contribution in [0.2, 0.25) is 5.02 Å². The van der Waals surface area contributed by atoms with Crippen molar-refractivity contribution in [2.45, 2.75) is 46.0 Å². The molecule has 0 radical (unpaired) electrons. The van der Waals surface area contributed by atoms with Gasteiger partial charge in [0.15, 0.2) is 0 Å². The molecular weight excluding hydrogens is 192 g/mol. The minimum Gasteiger partial charge on any atom is -0.0840 e. The highest BCUT2D eigenvalue weighted by molar-refractivity contribution is 6.31. The third-order valence-corrected chi connectivity index (χ3v) is 2.98. The maximum Gasteiger partial charge on any atom is 0.0440 e. The molecule has 0 unspecified atom stereocenters. The Morgan fingerprint density at radius 3 is 2.57 bits per heavy atom. The molecule has 0 N–H and O–H groups in total. The summed E-state index contributed by atoms with van der Waals surface area (Å²) in [5, 5.41) is 0.945. The van der Waals surface area contributed by atoms with Crippen molar-refractivity contribution >= 4 is 11.6 Å². The van der Waals surface area contributed by atoms with Crippen LogP contribution in [-0.2, 0) is 12.8 Å². The molecule has 0 saturated heterocycles. The minimum absolute atomic E-state index is 0.945. The molecule has 0 aliphatic heterocycles. The van der Waals surface area contributed by atoms with Crippen LogP contribution in [0.25, 0.3) is 0 Å². The smallest absolute Gasteiger partial charge is 0.0440 e. The van der Waals surface area contributed by atoms with E-state index in [2.05, 4.69) is 19.9 Å². The largest absolute Gasteiger partial charge is 0.0840 e. The van der Waals surface area contributed by atoms with E-state index in [1.54, 1.807) is 0 Å².